The molecule has 0 saturated heterocycles. The molecule has 0 fully saturated rings. The lowest BCUT2D eigenvalue weighted by Crippen LogP contribution is -2.08. The van der Waals surface area contributed by atoms with Gasteiger partial charge in [-0.3, -0.25) is 4.79 Å². The first kappa shape index (κ1) is 24.8. The lowest BCUT2D eigenvalue weighted by molar-refractivity contribution is -0.137. The number of ether oxygens (including phenoxy) is 3. The number of aryl methyl sites for hydroxylation is 2. The standard InChI is InChI=1S/C26H31N3O5/c1-5-33-24-14-19(6-7-22(24)34-11-9-26(30)31)21-15-25(29-16-28-21)27-10-8-20-12-17(2)18(3)13-23(20)32-4/h6-7,12-16H,5,8-11H2,1-4H3,(H,30,31)(H,27,28,29). The van der Waals surface area contributed by atoms with Crippen LogP contribution in [0.1, 0.15) is 30.0 Å². The number of methoxy groups -OCH3 is 1. The second-order valence-corrected chi connectivity index (χ2v) is 7.80. The number of hydrogen-bond acceptors (Lipinski definition) is 7. The summed E-state index contributed by atoms with van der Waals surface area (Å²) in [6, 6.07) is 11.6. The molecule has 2 N–H and O–H groups in total. The second-order valence-electron chi connectivity index (χ2n) is 7.80. The predicted octanol–water partition coefficient (Wildman–Crippen LogP) is 4.68. The Labute approximate surface area is 199 Å². The fourth-order valence-corrected chi connectivity index (χ4v) is 3.48. The zero-order valence-electron chi connectivity index (χ0n) is 20.1. The van der Waals surface area contributed by atoms with Gasteiger partial charge in [0.15, 0.2) is 11.5 Å². The van der Waals surface area contributed by atoms with Crippen LogP contribution < -0.4 is 19.5 Å². The molecular weight excluding hydrogens is 434 g/mol. The van der Waals surface area contributed by atoms with Crippen LogP contribution in [0, 0.1) is 13.8 Å². The van der Waals surface area contributed by atoms with Gasteiger partial charge in [0.25, 0.3) is 0 Å². The van der Waals surface area contributed by atoms with Crippen molar-refractivity contribution in [3.8, 4) is 28.5 Å². The smallest absolute Gasteiger partial charge is 0.306 e. The molecule has 8 nitrogen and oxygen atoms in total. The van der Waals surface area contributed by atoms with E-state index in [1.165, 1.54) is 17.5 Å². The Morgan fingerprint density at radius 1 is 1.00 bits per heavy atom. The molecule has 0 unspecified atom stereocenters. The maximum Gasteiger partial charge on any atom is 0.306 e. The Morgan fingerprint density at radius 2 is 1.79 bits per heavy atom. The molecule has 0 saturated carbocycles. The SMILES string of the molecule is CCOc1cc(-c2cc(NCCc3cc(C)c(C)cc3OC)ncn2)ccc1OCCC(=O)O. The van der Waals surface area contributed by atoms with E-state index in [0.29, 0.717) is 30.5 Å². The van der Waals surface area contributed by atoms with Crippen molar-refractivity contribution in [3.05, 3.63) is 59.4 Å². The van der Waals surface area contributed by atoms with Gasteiger partial charge in [-0.15, -0.1) is 0 Å². The first-order valence-electron chi connectivity index (χ1n) is 11.2. The third-order valence-electron chi connectivity index (χ3n) is 5.38. The van der Waals surface area contributed by atoms with Crippen LogP contribution in [-0.4, -0.2) is 47.9 Å². The minimum absolute atomic E-state index is 0.0711. The number of nitrogens with zero attached hydrogens (tertiary/aromatic N) is 2. The van der Waals surface area contributed by atoms with Gasteiger partial charge in [-0.25, -0.2) is 9.97 Å². The summed E-state index contributed by atoms with van der Waals surface area (Å²) in [5.41, 5.74) is 5.17. The van der Waals surface area contributed by atoms with E-state index in [1.807, 2.05) is 25.1 Å². The number of benzene rings is 2. The van der Waals surface area contributed by atoms with Gasteiger partial charge in [0, 0.05) is 18.2 Å². The fourth-order valence-electron chi connectivity index (χ4n) is 3.48. The zero-order chi connectivity index (χ0) is 24.5. The molecule has 0 amide bonds. The second kappa shape index (κ2) is 11.9. The zero-order valence-corrected chi connectivity index (χ0v) is 20.1. The molecule has 3 rings (SSSR count). The number of aromatic nitrogens is 2. The van der Waals surface area contributed by atoms with Crippen molar-refractivity contribution in [3.63, 3.8) is 0 Å². The van der Waals surface area contributed by atoms with Crippen LogP contribution >= 0.6 is 0 Å². The minimum atomic E-state index is -0.911. The summed E-state index contributed by atoms with van der Waals surface area (Å²) < 4.78 is 16.8. The van der Waals surface area contributed by atoms with Gasteiger partial charge in [-0.1, -0.05) is 6.07 Å². The van der Waals surface area contributed by atoms with Gasteiger partial charge in [0.1, 0.15) is 17.9 Å². The molecule has 0 aliphatic carbocycles. The summed E-state index contributed by atoms with van der Waals surface area (Å²) >= 11 is 0. The fraction of sp³-hybridized carbons (Fsp3) is 0.346. The molecule has 0 radical (unpaired) electrons. The molecule has 0 aliphatic heterocycles. The summed E-state index contributed by atoms with van der Waals surface area (Å²) in [6.45, 7) is 7.27. The third kappa shape index (κ3) is 6.60. The van der Waals surface area contributed by atoms with Crippen LogP contribution in [0.4, 0.5) is 5.82 Å². The van der Waals surface area contributed by atoms with Crippen molar-refractivity contribution in [1.82, 2.24) is 9.97 Å². The van der Waals surface area contributed by atoms with Crippen LogP contribution in [0.3, 0.4) is 0 Å². The normalized spacial score (nSPS) is 10.6. The summed E-state index contributed by atoms with van der Waals surface area (Å²) in [4.78, 5) is 19.5. The molecule has 0 spiro atoms. The number of anilines is 1. The Bertz CT molecular complexity index is 1130. The van der Waals surface area contributed by atoms with Crippen molar-refractivity contribution in [2.24, 2.45) is 0 Å². The Kier molecular flexibility index (Phi) is 8.67. The van der Waals surface area contributed by atoms with E-state index in [4.69, 9.17) is 19.3 Å². The summed E-state index contributed by atoms with van der Waals surface area (Å²) in [7, 11) is 1.69. The lowest BCUT2D eigenvalue weighted by atomic mass is 10.0. The quantitative estimate of drug-likeness (QED) is 0.398. The minimum Gasteiger partial charge on any atom is -0.496 e. The van der Waals surface area contributed by atoms with Crippen molar-refractivity contribution in [1.29, 1.82) is 0 Å². The molecule has 3 aromatic rings. The summed E-state index contributed by atoms with van der Waals surface area (Å²) in [5, 5.41) is 12.2. The van der Waals surface area contributed by atoms with E-state index >= 15 is 0 Å². The lowest BCUT2D eigenvalue weighted by Gasteiger charge is -2.14. The summed E-state index contributed by atoms with van der Waals surface area (Å²) in [6.07, 6.45) is 2.23. The Hall–Kier alpha value is -3.81. The van der Waals surface area contributed by atoms with E-state index in [0.717, 1.165) is 29.0 Å². The molecule has 0 bridgehead atoms. The predicted molar refractivity (Wildman–Crippen MR) is 131 cm³/mol. The number of carboxylic acid groups (broad SMARTS) is 1. The largest absolute Gasteiger partial charge is 0.496 e. The topological polar surface area (TPSA) is 103 Å². The van der Waals surface area contributed by atoms with Gasteiger partial charge in [-0.2, -0.15) is 0 Å². The average Bonchev–Trinajstić information content (AvgIpc) is 2.82. The maximum atomic E-state index is 10.7. The molecule has 180 valence electrons. The molecular formula is C26H31N3O5. The molecule has 0 atom stereocenters. The summed E-state index contributed by atoms with van der Waals surface area (Å²) in [5.74, 6) is 1.74. The highest BCUT2D eigenvalue weighted by Crippen LogP contribution is 2.33. The monoisotopic (exact) mass is 465 g/mol. The van der Waals surface area contributed by atoms with Gasteiger partial charge in [0.2, 0.25) is 0 Å². The maximum absolute atomic E-state index is 10.7. The van der Waals surface area contributed by atoms with Crippen LogP contribution in [0.25, 0.3) is 11.3 Å². The highest BCUT2D eigenvalue weighted by molar-refractivity contribution is 5.67. The molecule has 34 heavy (non-hydrogen) atoms. The first-order chi connectivity index (χ1) is 16.4. The van der Waals surface area contributed by atoms with Crippen LogP contribution in [-0.2, 0) is 11.2 Å². The molecule has 0 aliphatic rings. The van der Waals surface area contributed by atoms with Crippen molar-refractivity contribution >= 4 is 11.8 Å². The van der Waals surface area contributed by atoms with E-state index in [1.54, 1.807) is 13.2 Å². The molecule has 1 aromatic heterocycles. The Balaban J connectivity index is 1.70. The number of carbonyl (C=O) groups is 1. The van der Waals surface area contributed by atoms with Crippen LogP contribution in [0.5, 0.6) is 17.2 Å². The third-order valence-corrected chi connectivity index (χ3v) is 5.38. The van der Waals surface area contributed by atoms with Gasteiger partial charge >= 0.3 is 5.97 Å². The number of carboxylic acids is 1. The molecule has 8 heteroatoms. The van der Waals surface area contributed by atoms with E-state index in [-0.39, 0.29) is 13.0 Å². The van der Waals surface area contributed by atoms with Gasteiger partial charge in [-0.05, 0) is 68.1 Å². The van der Waals surface area contributed by atoms with Gasteiger partial charge in [0.05, 0.1) is 32.4 Å². The number of aliphatic carboxylic acids is 1. The highest BCUT2D eigenvalue weighted by atomic mass is 16.5. The van der Waals surface area contributed by atoms with Crippen molar-refractivity contribution in [2.75, 3.05) is 32.2 Å². The average molecular weight is 466 g/mol. The highest BCUT2D eigenvalue weighted by Gasteiger charge is 2.11. The number of nitrogens with one attached hydrogen (secondary N) is 1. The van der Waals surface area contributed by atoms with Crippen LogP contribution in [0.15, 0.2) is 42.7 Å². The molecule has 2 aromatic carbocycles. The number of hydrogen-bond donors (Lipinski definition) is 2. The van der Waals surface area contributed by atoms with E-state index in [2.05, 4.69) is 41.3 Å². The molecule has 1 heterocycles. The van der Waals surface area contributed by atoms with E-state index < -0.39 is 5.97 Å². The van der Waals surface area contributed by atoms with E-state index in [9.17, 15) is 4.79 Å². The van der Waals surface area contributed by atoms with Crippen molar-refractivity contribution in [2.45, 2.75) is 33.6 Å². The van der Waals surface area contributed by atoms with Crippen molar-refractivity contribution < 1.29 is 24.1 Å². The van der Waals surface area contributed by atoms with Gasteiger partial charge < -0.3 is 24.6 Å². The van der Waals surface area contributed by atoms with Crippen LogP contribution in [0.2, 0.25) is 0 Å². The Morgan fingerprint density at radius 3 is 2.53 bits per heavy atom. The first-order valence-corrected chi connectivity index (χ1v) is 11.2. The number of rotatable bonds is 12.